The number of benzene rings is 1. The highest BCUT2D eigenvalue weighted by molar-refractivity contribution is 5.86. The van der Waals surface area contributed by atoms with Crippen molar-refractivity contribution in [1.29, 1.82) is 5.26 Å². The molecule has 1 amide bonds. The molecular formula is C16H21N3O. The van der Waals surface area contributed by atoms with Crippen molar-refractivity contribution >= 4 is 11.6 Å². The Morgan fingerprint density at radius 3 is 2.95 bits per heavy atom. The number of nitrogens with one attached hydrogen (secondary N) is 1. The molecule has 1 aliphatic rings. The summed E-state index contributed by atoms with van der Waals surface area (Å²) >= 11 is 0. The first kappa shape index (κ1) is 14.4. The lowest BCUT2D eigenvalue weighted by molar-refractivity contribution is -0.134. The van der Waals surface area contributed by atoms with E-state index in [2.05, 4.69) is 11.4 Å². The number of nitriles is 1. The summed E-state index contributed by atoms with van der Waals surface area (Å²) < 4.78 is 0. The van der Waals surface area contributed by atoms with Crippen LogP contribution in [0.3, 0.4) is 0 Å². The molecule has 106 valence electrons. The monoisotopic (exact) mass is 271 g/mol. The zero-order valence-electron chi connectivity index (χ0n) is 12.1. The maximum atomic E-state index is 12.8. The van der Waals surface area contributed by atoms with Gasteiger partial charge in [-0.2, -0.15) is 5.26 Å². The number of hydrogen-bond donors (Lipinski definition) is 1. The van der Waals surface area contributed by atoms with Crippen molar-refractivity contribution < 1.29 is 4.79 Å². The number of rotatable bonds is 4. The fraction of sp³-hybridized carbons (Fsp3) is 0.500. The van der Waals surface area contributed by atoms with Crippen LogP contribution in [0.1, 0.15) is 38.2 Å². The molecular weight excluding hydrogens is 250 g/mol. The Bertz CT molecular complexity index is 519. The van der Waals surface area contributed by atoms with Crippen LogP contribution in [0.2, 0.25) is 0 Å². The second-order valence-corrected chi connectivity index (χ2v) is 5.39. The predicted molar refractivity (Wildman–Crippen MR) is 79.4 cm³/mol. The van der Waals surface area contributed by atoms with Crippen LogP contribution in [-0.2, 0) is 4.79 Å². The van der Waals surface area contributed by atoms with E-state index >= 15 is 0 Å². The summed E-state index contributed by atoms with van der Waals surface area (Å²) in [6, 6.07) is 10.2. The molecule has 1 N–H and O–H groups in total. The summed E-state index contributed by atoms with van der Waals surface area (Å²) in [6.07, 6.45) is 1.20. The molecule has 20 heavy (non-hydrogen) atoms. The number of carbonyl (C=O) groups is 1. The van der Waals surface area contributed by atoms with Gasteiger partial charge < -0.3 is 10.2 Å². The third-order valence-corrected chi connectivity index (χ3v) is 3.75. The van der Waals surface area contributed by atoms with Crippen LogP contribution >= 0.6 is 0 Å². The molecule has 4 heteroatoms. The minimum atomic E-state index is -0.0893. The summed E-state index contributed by atoms with van der Waals surface area (Å²) in [6.45, 7) is 5.33. The van der Waals surface area contributed by atoms with Gasteiger partial charge in [0.1, 0.15) is 0 Å². The molecule has 1 aliphatic heterocycles. The summed E-state index contributed by atoms with van der Waals surface area (Å²) in [5.41, 5.74) is 2.13. The van der Waals surface area contributed by atoms with Crippen LogP contribution in [0.25, 0.3) is 0 Å². The first-order valence-corrected chi connectivity index (χ1v) is 7.15. The van der Waals surface area contributed by atoms with Gasteiger partial charge >= 0.3 is 0 Å². The van der Waals surface area contributed by atoms with Crippen LogP contribution < -0.4 is 5.32 Å². The molecule has 0 bridgehead atoms. The van der Waals surface area contributed by atoms with E-state index in [-0.39, 0.29) is 17.9 Å². The van der Waals surface area contributed by atoms with Gasteiger partial charge in [-0.25, -0.2) is 0 Å². The van der Waals surface area contributed by atoms with Crippen LogP contribution in [-0.4, -0.2) is 29.9 Å². The normalized spacial score (nSPS) is 17.0. The van der Waals surface area contributed by atoms with Gasteiger partial charge in [-0.1, -0.05) is 18.2 Å². The van der Waals surface area contributed by atoms with Gasteiger partial charge in [0.05, 0.1) is 18.4 Å². The number of amides is 1. The van der Waals surface area contributed by atoms with E-state index in [0.29, 0.717) is 13.0 Å². The van der Waals surface area contributed by atoms with Gasteiger partial charge in [0, 0.05) is 24.8 Å². The summed E-state index contributed by atoms with van der Waals surface area (Å²) in [5, 5.41) is 12.1. The largest absolute Gasteiger partial charge is 0.385 e. The lowest BCUT2D eigenvalue weighted by atomic mass is 9.89. The second-order valence-electron chi connectivity index (χ2n) is 5.39. The molecule has 1 heterocycles. The zero-order valence-corrected chi connectivity index (χ0v) is 12.1. The van der Waals surface area contributed by atoms with E-state index in [1.807, 2.05) is 43.0 Å². The topological polar surface area (TPSA) is 56.1 Å². The summed E-state index contributed by atoms with van der Waals surface area (Å²) in [5.74, 6) is 0.0535. The highest BCUT2D eigenvalue weighted by Gasteiger charge is 2.30. The molecule has 1 aromatic carbocycles. The minimum absolute atomic E-state index is 0.0893. The van der Waals surface area contributed by atoms with Gasteiger partial charge in [-0.05, 0) is 31.9 Å². The van der Waals surface area contributed by atoms with E-state index in [4.69, 9.17) is 5.26 Å². The van der Waals surface area contributed by atoms with Gasteiger partial charge in [0.15, 0.2) is 0 Å². The van der Waals surface area contributed by atoms with E-state index in [0.717, 1.165) is 24.2 Å². The van der Waals surface area contributed by atoms with E-state index < -0.39 is 0 Å². The molecule has 0 aromatic heterocycles. The lowest BCUT2D eigenvalue weighted by Gasteiger charge is -2.33. The fourth-order valence-corrected chi connectivity index (χ4v) is 2.72. The van der Waals surface area contributed by atoms with Crippen molar-refractivity contribution in [1.82, 2.24) is 4.90 Å². The Labute approximate surface area is 120 Å². The third-order valence-electron chi connectivity index (χ3n) is 3.75. The van der Waals surface area contributed by atoms with Crippen molar-refractivity contribution in [3.63, 3.8) is 0 Å². The summed E-state index contributed by atoms with van der Waals surface area (Å²) in [4.78, 5) is 14.6. The van der Waals surface area contributed by atoms with Crippen LogP contribution in [0, 0.1) is 11.3 Å². The molecule has 4 nitrogen and oxygen atoms in total. The number of nitrogens with zero attached hydrogens (tertiary/aromatic N) is 2. The molecule has 1 aromatic rings. The molecule has 1 unspecified atom stereocenters. The molecule has 0 saturated heterocycles. The number of hydrogen-bond acceptors (Lipinski definition) is 3. The van der Waals surface area contributed by atoms with Crippen LogP contribution in [0.15, 0.2) is 24.3 Å². The quantitative estimate of drug-likeness (QED) is 0.916. The maximum absolute atomic E-state index is 12.8. The number of anilines is 1. The second kappa shape index (κ2) is 6.42. The van der Waals surface area contributed by atoms with E-state index in [9.17, 15) is 4.79 Å². The SMILES string of the molecule is CC(C)N(CCC#N)C(=O)C1CCNc2ccccc21. The Morgan fingerprint density at radius 1 is 1.50 bits per heavy atom. The minimum Gasteiger partial charge on any atom is -0.385 e. The number of fused-ring (bicyclic) bond motifs is 1. The highest BCUT2D eigenvalue weighted by Crippen LogP contribution is 2.33. The average Bonchev–Trinajstić information content (AvgIpc) is 2.46. The standard InChI is InChI=1S/C16H21N3O/c1-12(2)19(11-5-9-17)16(20)14-8-10-18-15-7-4-3-6-13(14)15/h3-4,6-7,12,14,18H,5,8,10-11H2,1-2H3. The van der Waals surface area contributed by atoms with Gasteiger partial charge in [0.25, 0.3) is 0 Å². The van der Waals surface area contributed by atoms with Crippen LogP contribution in [0.5, 0.6) is 0 Å². The predicted octanol–water partition coefficient (Wildman–Crippen LogP) is 2.74. The Balaban J connectivity index is 2.22. The molecule has 0 aliphatic carbocycles. The Morgan fingerprint density at radius 2 is 2.25 bits per heavy atom. The smallest absolute Gasteiger partial charge is 0.230 e. The van der Waals surface area contributed by atoms with Crippen LogP contribution in [0.4, 0.5) is 5.69 Å². The number of carbonyl (C=O) groups excluding carboxylic acids is 1. The highest BCUT2D eigenvalue weighted by atomic mass is 16.2. The number of para-hydroxylation sites is 1. The first-order valence-electron chi connectivity index (χ1n) is 7.15. The molecule has 0 radical (unpaired) electrons. The van der Waals surface area contributed by atoms with E-state index in [1.165, 1.54) is 0 Å². The molecule has 0 saturated carbocycles. The van der Waals surface area contributed by atoms with Crippen molar-refractivity contribution in [3.8, 4) is 6.07 Å². The maximum Gasteiger partial charge on any atom is 0.230 e. The van der Waals surface area contributed by atoms with Crippen molar-refractivity contribution in [2.75, 3.05) is 18.4 Å². The zero-order chi connectivity index (χ0) is 14.5. The molecule has 0 fully saturated rings. The van der Waals surface area contributed by atoms with Crippen molar-refractivity contribution in [2.45, 2.75) is 38.6 Å². The first-order chi connectivity index (χ1) is 9.65. The van der Waals surface area contributed by atoms with Gasteiger partial charge in [0.2, 0.25) is 5.91 Å². The molecule has 2 rings (SSSR count). The Kier molecular flexibility index (Phi) is 4.62. The fourth-order valence-electron chi connectivity index (χ4n) is 2.72. The van der Waals surface area contributed by atoms with Gasteiger partial charge in [-0.3, -0.25) is 4.79 Å². The van der Waals surface area contributed by atoms with Gasteiger partial charge in [-0.15, -0.1) is 0 Å². The van der Waals surface area contributed by atoms with Crippen molar-refractivity contribution in [3.05, 3.63) is 29.8 Å². The summed E-state index contributed by atoms with van der Waals surface area (Å²) in [7, 11) is 0. The van der Waals surface area contributed by atoms with E-state index in [1.54, 1.807) is 0 Å². The third kappa shape index (κ3) is 2.93. The lowest BCUT2D eigenvalue weighted by Crippen LogP contribution is -2.42. The Hall–Kier alpha value is -2.02. The molecule has 0 spiro atoms. The molecule has 1 atom stereocenters. The van der Waals surface area contributed by atoms with Crippen molar-refractivity contribution in [2.24, 2.45) is 0 Å². The average molecular weight is 271 g/mol.